The van der Waals surface area contributed by atoms with E-state index in [1.165, 1.54) is 6.92 Å². The Morgan fingerprint density at radius 2 is 2.07 bits per heavy atom. The van der Waals surface area contributed by atoms with E-state index in [0.29, 0.717) is 10.0 Å². The van der Waals surface area contributed by atoms with E-state index >= 15 is 0 Å². The number of halogens is 1. The van der Waals surface area contributed by atoms with Crippen molar-refractivity contribution >= 4 is 21.9 Å². The highest BCUT2D eigenvalue weighted by molar-refractivity contribution is 9.10. The highest BCUT2D eigenvalue weighted by atomic mass is 79.9. The predicted octanol–water partition coefficient (Wildman–Crippen LogP) is 2.13. The van der Waals surface area contributed by atoms with Gasteiger partial charge in [-0.2, -0.15) is 0 Å². The van der Waals surface area contributed by atoms with Crippen LogP contribution in [0.15, 0.2) is 28.7 Å². The molecule has 0 bridgehead atoms. The molecule has 3 nitrogen and oxygen atoms in total. The molecule has 4 heteroatoms. The summed E-state index contributed by atoms with van der Waals surface area (Å²) in [5.74, 6) is -1.02. The molecule has 0 heterocycles. The molecule has 0 radical (unpaired) electrons. The van der Waals surface area contributed by atoms with Gasteiger partial charge < -0.3 is 10.2 Å². The van der Waals surface area contributed by atoms with Crippen LogP contribution in [0.4, 0.5) is 0 Å². The van der Waals surface area contributed by atoms with Crippen LogP contribution in [0.2, 0.25) is 0 Å². The van der Waals surface area contributed by atoms with Crippen LogP contribution in [0.3, 0.4) is 0 Å². The van der Waals surface area contributed by atoms with E-state index in [1.807, 2.05) is 6.07 Å². The third-order valence-corrected chi connectivity index (χ3v) is 2.64. The molecule has 0 amide bonds. The van der Waals surface area contributed by atoms with Gasteiger partial charge in [0.05, 0.1) is 12.0 Å². The average molecular weight is 259 g/mol. The lowest BCUT2D eigenvalue weighted by atomic mass is 9.93. The van der Waals surface area contributed by atoms with Gasteiger partial charge in [-0.25, -0.2) is 0 Å². The van der Waals surface area contributed by atoms with Crippen molar-refractivity contribution in [1.29, 1.82) is 0 Å². The Hall–Kier alpha value is -0.870. The summed E-state index contributed by atoms with van der Waals surface area (Å²) >= 11 is 3.27. The van der Waals surface area contributed by atoms with Crippen LogP contribution in [0.25, 0.3) is 0 Å². The summed E-state index contributed by atoms with van der Waals surface area (Å²) in [7, 11) is 0. The molecule has 1 aromatic rings. The summed E-state index contributed by atoms with van der Waals surface area (Å²) < 4.78 is 0.714. The van der Waals surface area contributed by atoms with E-state index in [-0.39, 0.29) is 6.42 Å². The van der Waals surface area contributed by atoms with Gasteiger partial charge in [0.25, 0.3) is 0 Å². The average Bonchev–Trinajstić information content (AvgIpc) is 2.02. The number of carboxylic acids is 1. The monoisotopic (exact) mass is 258 g/mol. The Morgan fingerprint density at radius 1 is 1.50 bits per heavy atom. The maximum absolute atomic E-state index is 10.5. The molecular formula is C10H11BrO3. The highest BCUT2D eigenvalue weighted by Crippen LogP contribution is 2.30. The normalized spacial score (nSPS) is 14.8. The van der Waals surface area contributed by atoms with E-state index in [2.05, 4.69) is 15.9 Å². The van der Waals surface area contributed by atoms with Gasteiger partial charge in [0.15, 0.2) is 0 Å². The van der Waals surface area contributed by atoms with Gasteiger partial charge in [0.2, 0.25) is 0 Å². The largest absolute Gasteiger partial charge is 0.481 e. The first-order valence-electron chi connectivity index (χ1n) is 4.12. The van der Waals surface area contributed by atoms with Crippen LogP contribution in [-0.2, 0) is 10.4 Å². The lowest BCUT2D eigenvalue weighted by Crippen LogP contribution is -2.25. The third-order valence-electron chi connectivity index (χ3n) is 1.95. The third kappa shape index (κ3) is 2.56. The van der Waals surface area contributed by atoms with E-state index in [9.17, 15) is 9.90 Å². The summed E-state index contributed by atoms with van der Waals surface area (Å²) in [6.45, 7) is 1.49. The summed E-state index contributed by atoms with van der Waals surface area (Å²) in [6.07, 6.45) is -0.310. The molecule has 0 aliphatic heterocycles. The van der Waals surface area contributed by atoms with E-state index in [1.54, 1.807) is 18.2 Å². The topological polar surface area (TPSA) is 57.5 Å². The van der Waals surface area contributed by atoms with Gasteiger partial charge in [-0.05, 0) is 18.6 Å². The lowest BCUT2D eigenvalue weighted by molar-refractivity contribution is -0.142. The van der Waals surface area contributed by atoms with Gasteiger partial charge >= 0.3 is 5.97 Å². The van der Waals surface area contributed by atoms with Crippen molar-refractivity contribution in [3.05, 3.63) is 34.3 Å². The summed E-state index contributed by atoms with van der Waals surface area (Å²) in [5.41, 5.74) is -0.756. The van der Waals surface area contributed by atoms with E-state index in [4.69, 9.17) is 5.11 Å². The molecular weight excluding hydrogens is 248 g/mol. The Balaban J connectivity index is 3.03. The Bertz CT molecular complexity index is 347. The maximum atomic E-state index is 10.5. The van der Waals surface area contributed by atoms with Gasteiger partial charge in [-0.15, -0.1) is 0 Å². The molecule has 0 saturated carbocycles. The number of hydrogen-bond acceptors (Lipinski definition) is 2. The fourth-order valence-electron chi connectivity index (χ4n) is 1.29. The first kappa shape index (κ1) is 11.2. The molecule has 1 aromatic carbocycles. The molecule has 0 aromatic heterocycles. The number of aliphatic carboxylic acids is 1. The fourth-order valence-corrected chi connectivity index (χ4v) is 2.00. The minimum atomic E-state index is -1.34. The second kappa shape index (κ2) is 4.11. The van der Waals surface area contributed by atoms with Gasteiger partial charge in [-0.1, -0.05) is 34.1 Å². The van der Waals surface area contributed by atoms with Crippen LogP contribution in [-0.4, -0.2) is 16.2 Å². The number of rotatable bonds is 3. The van der Waals surface area contributed by atoms with Crippen molar-refractivity contribution in [3.63, 3.8) is 0 Å². The summed E-state index contributed by atoms with van der Waals surface area (Å²) in [5, 5.41) is 18.6. The smallest absolute Gasteiger partial charge is 0.306 e. The van der Waals surface area contributed by atoms with Gasteiger partial charge in [-0.3, -0.25) is 4.79 Å². The SMILES string of the molecule is CC(O)(CC(=O)O)c1ccccc1Br. The number of hydrogen-bond donors (Lipinski definition) is 2. The fraction of sp³-hybridized carbons (Fsp3) is 0.300. The van der Waals surface area contributed by atoms with Crippen LogP contribution in [0.1, 0.15) is 18.9 Å². The Morgan fingerprint density at radius 3 is 2.57 bits per heavy atom. The molecule has 14 heavy (non-hydrogen) atoms. The highest BCUT2D eigenvalue weighted by Gasteiger charge is 2.28. The Kier molecular flexibility index (Phi) is 3.29. The molecule has 76 valence electrons. The zero-order valence-electron chi connectivity index (χ0n) is 7.70. The number of benzene rings is 1. The van der Waals surface area contributed by atoms with Gasteiger partial charge in [0.1, 0.15) is 0 Å². The minimum absolute atomic E-state index is 0.310. The second-order valence-electron chi connectivity index (χ2n) is 3.32. The van der Waals surface area contributed by atoms with Crippen LogP contribution in [0.5, 0.6) is 0 Å². The summed E-state index contributed by atoms with van der Waals surface area (Å²) in [4.78, 5) is 10.5. The number of aliphatic hydroxyl groups is 1. The number of carbonyl (C=O) groups is 1. The standard InChI is InChI=1S/C10H11BrO3/c1-10(14,6-9(12)13)7-4-2-3-5-8(7)11/h2-5,14H,6H2,1H3,(H,12,13). The molecule has 1 rings (SSSR count). The minimum Gasteiger partial charge on any atom is -0.481 e. The van der Waals surface area contributed by atoms with Crippen molar-refractivity contribution in [2.24, 2.45) is 0 Å². The quantitative estimate of drug-likeness (QED) is 0.874. The zero-order valence-corrected chi connectivity index (χ0v) is 9.28. The number of carboxylic acid groups (broad SMARTS) is 1. The van der Waals surface area contributed by atoms with Crippen molar-refractivity contribution in [2.45, 2.75) is 18.9 Å². The molecule has 0 aliphatic rings. The Labute approximate surface area is 90.5 Å². The first-order valence-corrected chi connectivity index (χ1v) is 4.92. The first-order chi connectivity index (χ1) is 6.43. The van der Waals surface area contributed by atoms with Crippen molar-refractivity contribution in [2.75, 3.05) is 0 Å². The summed E-state index contributed by atoms with van der Waals surface area (Å²) in [6, 6.07) is 7.04. The molecule has 1 unspecified atom stereocenters. The van der Waals surface area contributed by atoms with Crippen LogP contribution >= 0.6 is 15.9 Å². The molecule has 0 fully saturated rings. The van der Waals surface area contributed by atoms with Crippen molar-refractivity contribution < 1.29 is 15.0 Å². The maximum Gasteiger partial charge on any atom is 0.306 e. The molecule has 0 spiro atoms. The van der Waals surface area contributed by atoms with Crippen LogP contribution in [0, 0.1) is 0 Å². The van der Waals surface area contributed by atoms with Crippen molar-refractivity contribution in [3.8, 4) is 0 Å². The van der Waals surface area contributed by atoms with E-state index < -0.39 is 11.6 Å². The van der Waals surface area contributed by atoms with Gasteiger partial charge in [0, 0.05) is 4.47 Å². The zero-order chi connectivity index (χ0) is 10.8. The lowest BCUT2D eigenvalue weighted by Gasteiger charge is -2.22. The second-order valence-corrected chi connectivity index (χ2v) is 4.18. The molecule has 0 saturated heterocycles. The van der Waals surface area contributed by atoms with Crippen LogP contribution < -0.4 is 0 Å². The molecule has 1 atom stereocenters. The molecule has 0 aliphatic carbocycles. The van der Waals surface area contributed by atoms with E-state index in [0.717, 1.165) is 0 Å². The van der Waals surface area contributed by atoms with Crippen molar-refractivity contribution in [1.82, 2.24) is 0 Å². The predicted molar refractivity (Wildman–Crippen MR) is 56.0 cm³/mol. The molecule has 2 N–H and O–H groups in total.